The number of phenols is 1. The smallest absolute Gasteiger partial charge is 0.233 e. The molecule has 1 amide bonds. The van der Waals surface area contributed by atoms with E-state index in [1.54, 1.807) is 28.9 Å². The van der Waals surface area contributed by atoms with Crippen LogP contribution in [0.1, 0.15) is 32.6 Å². The molecule has 8 heteroatoms. The summed E-state index contributed by atoms with van der Waals surface area (Å²) in [6, 6.07) is 6.89. The number of nitrogens with zero attached hydrogens (tertiary/aromatic N) is 4. The molecule has 1 aliphatic rings. The molecular formula is C15H19N5O2S. The van der Waals surface area contributed by atoms with Gasteiger partial charge in [-0.15, -0.1) is 5.10 Å². The topological polar surface area (TPSA) is 92.9 Å². The molecule has 1 atom stereocenters. The maximum absolute atomic E-state index is 12.3. The zero-order valence-electron chi connectivity index (χ0n) is 12.8. The molecule has 1 aliphatic carbocycles. The van der Waals surface area contributed by atoms with Crippen LogP contribution in [0.2, 0.25) is 0 Å². The van der Waals surface area contributed by atoms with Crippen molar-refractivity contribution >= 4 is 17.7 Å². The number of carbonyl (C=O) groups is 1. The number of benzene rings is 1. The minimum atomic E-state index is -0.280. The number of nitrogens with one attached hydrogen (secondary N) is 1. The number of carbonyl (C=O) groups excluding carboxylic acids is 1. The Labute approximate surface area is 138 Å². The Balaban J connectivity index is 1.67. The lowest BCUT2D eigenvalue weighted by atomic mass is 10.2. The molecule has 23 heavy (non-hydrogen) atoms. The van der Waals surface area contributed by atoms with Gasteiger partial charge in [0.1, 0.15) is 5.75 Å². The Morgan fingerprint density at radius 2 is 2.04 bits per heavy atom. The third-order valence-electron chi connectivity index (χ3n) is 3.89. The normalized spacial score (nSPS) is 16.4. The van der Waals surface area contributed by atoms with Gasteiger partial charge in [-0.2, -0.15) is 4.68 Å². The van der Waals surface area contributed by atoms with Crippen molar-refractivity contribution in [2.24, 2.45) is 0 Å². The van der Waals surface area contributed by atoms with Crippen LogP contribution in [0.15, 0.2) is 29.4 Å². The van der Waals surface area contributed by atoms with Gasteiger partial charge in [0.25, 0.3) is 0 Å². The first-order valence-electron chi connectivity index (χ1n) is 7.68. The molecular weight excluding hydrogens is 314 g/mol. The summed E-state index contributed by atoms with van der Waals surface area (Å²) in [5, 5.41) is 24.3. The van der Waals surface area contributed by atoms with Crippen molar-refractivity contribution in [1.82, 2.24) is 25.5 Å². The van der Waals surface area contributed by atoms with Crippen molar-refractivity contribution in [3.05, 3.63) is 24.3 Å². The molecule has 2 aromatic rings. The van der Waals surface area contributed by atoms with Gasteiger partial charge in [0.05, 0.1) is 10.9 Å². The van der Waals surface area contributed by atoms with E-state index in [0.29, 0.717) is 11.2 Å². The standard InChI is InChI=1S/C15H19N5O2S/c1-10(14(22)16-11-4-2-3-5-11)23-15-17-18-19-20(15)12-6-8-13(21)9-7-12/h6-11,21H,2-5H2,1H3,(H,16,22). The quantitative estimate of drug-likeness (QED) is 0.812. The molecule has 0 radical (unpaired) electrons. The van der Waals surface area contributed by atoms with Gasteiger partial charge in [0, 0.05) is 6.04 Å². The molecule has 122 valence electrons. The number of hydrogen-bond acceptors (Lipinski definition) is 6. The molecule has 0 spiro atoms. The SMILES string of the molecule is CC(Sc1nnnn1-c1ccc(O)cc1)C(=O)NC1CCCC1. The molecule has 0 aliphatic heterocycles. The molecule has 7 nitrogen and oxygen atoms in total. The number of hydrogen-bond donors (Lipinski definition) is 2. The zero-order chi connectivity index (χ0) is 16.2. The van der Waals surface area contributed by atoms with Crippen LogP contribution >= 0.6 is 11.8 Å². The highest BCUT2D eigenvalue weighted by molar-refractivity contribution is 8.00. The van der Waals surface area contributed by atoms with Crippen LogP contribution in [-0.2, 0) is 4.79 Å². The minimum absolute atomic E-state index is 0.0159. The van der Waals surface area contributed by atoms with Crippen LogP contribution in [0.25, 0.3) is 5.69 Å². The molecule has 2 N–H and O–H groups in total. The van der Waals surface area contributed by atoms with Crippen LogP contribution < -0.4 is 5.32 Å². The van der Waals surface area contributed by atoms with Crippen molar-refractivity contribution in [2.75, 3.05) is 0 Å². The first-order valence-corrected chi connectivity index (χ1v) is 8.56. The van der Waals surface area contributed by atoms with Crippen molar-refractivity contribution in [1.29, 1.82) is 0 Å². The summed E-state index contributed by atoms with van der Waals surface area (Å²) in [5.41, 5.74) is 0.735. The summed E-state index contributed by atoms with van der Waals surface area (Å²) >= 11 is 1.32. The average molecular weight is 333 g/mol. The van der Waals surface area contributed by atoms with Crippen LogP contribution in [-0.4, -0.2) is 42.5 Å². The van der Waals surface area contributed by atoms with Gasteiger partial charge in [-0.1, -0.05) is 24.6 Å². The van der Waals surface area contributed by atoms with Crippen LogP contribution in [0.5, 0.6) is 5.75 Å². The van der Waals surface area contributed by atoms with E-state index in [1.807, 2.05) is 6.92 Å². The summed E-state index contributed by atoms with van der Waals surface area (Å²) in [4.78, 5) is 12.3. The molecule has 1 heterocycles. The van der Waals surface area contributed by atoms with E-state index in [9.17, 15) is 9.90 Å². The third kappa shape index (κ3) is 3.82. The fourth-order valence-electron chi connectivity index (χ4n) is 2.61. The van der Waals surface area contributed by atoms with Crippen LogP contribution in [0, 0.1) is 0 Å². The number of phenolic OH excluding ortho intramolecular Hbond substituents is 1. The largest absolute Gasteiger partial charge is 0.508 e. The summed E-state index contributed by atoms with van der Waals surface area (Å²) < 4.78 is 1.56. The molecule has 3 rings (SSSR count). The molecule has 0 saturated heterocycles. The van der Waals surface area contributed by atoms with Crippen LogP contribution in [0.4, 0.5) is 0 Å². The molecule has 1 aromatic carbocycles. The first kappa shape index (κ1) is 15.8. The number of thioether (sulfide) groups is 1. The van der Waals surface area contributed by atoms with Gasteiger partial charge < -0.3 is 10.4 Å². The van der Waals surface area contributed by atoms with E-state index in [-0.39, 0.29) is 16.9 Å². The second-order valence-electron chi connectivity index (χ2n) is 5.64. The monoisotopic (exact) mass is 333 g/mol. The van der Waals surface area contributed by atoms with Crippen LogP contribution in [0.3, 0.4) is 0 Å². The zero-order valence-corrected chi connectivity index (χ0v) is 13.7. The molecule has 1 aromatic heterocycles. The summed E-state index contributed by atoms with van der Waals surface area (Å²) in [6.45, 7) is 1.85. The summed E-state index contributed by atoms with van der Waals surface area (Å²) in [7, 11) is 0. The first-order chi connectivity index (χ1) is 11.1. The lowest BCUT2D eigenvalue weighted by molar-refractivity contribution is -0.120. The van der Waals surface area contributed by atoms with E-state index in [0.717, 1.165) is 18.5 Å². The fraction of sp³-hybridized carbons (Fsp3) is 0.467. The van der Waals surface area contributed by atoms with E-state index >= 15 is 0 Å². The highest BCUT2D eigenvalue weighted by Gasteiger charge is 2.23. The Kier molecular flexibility index (Phi) is 4.80. The van der Waals surface area contributed by atoms with Crippen molar-refractivity contribution in [3.8, 4) is 11.4 Å². The van der Waals surface area contributed by atoms with Gasteiger partial charge >= 0.3 is 0 Å². The molecule has 0 bridgehead atoms. The van der Waals surface area contributed by atoms with E-state index in [4.69, 9.17) is 0 Å². The fourth-order valence-corrected chi connectivity index (χ4v) is 3.43. The predicted octanol–water partition coefficient (Wildman–Crippen LogP) is 1.91. The molecule has 1 saturated carbocycles. The molecule has 1 fully saturated rings. The Bertz CT molecular complexity index is 667. The van der Waals surface area contributed by atoms with E-state index in [2.05, 4.69) is 20.8 Å². The van der Waals surface area contributed by atoms with Crippen molar-refractivity contribution in [2.45, 2.75) is 49.1 Å². The van der Waals surface area contributed by atoms with E-state index < -0.39 is 0 Å². The third-order valence-corrected chi connectivity index (χ3v) is 4.92. The lowest BCUT2D eigenvalue weighted by Crippen LogP contribution is -2.37. The molecule has 1 unspecified atom stereocenters. The second-order valence-corrected chi connectivity index (χ2v) is 6.95. The average Bonchev–Trinajstić information content (AvgIpc) is 3.20. The number of amides is 1. The number of aromatic nitrogens is 4. The second kappa shape index (κ2) is 6.99. The maximum atomic E-state index is 12.3. The predicted molar refractivity (Wildman–Crippen MR) is 86.5 cm³/mol. The van der Waals surface area contributed by atoms with Gasteiger partial charge in [0.2, 0.25) is 11.1 Å². The summed E-state index contributed by atoms with van der Waals surface area (Å²) in [6.07, 6.45) is 4.50. The number of tetrazole rings is 1. The number of aromatic hydroxyl groups is 1. The van der Waals surface area contributed by atoms with Gasteiger partial charge in [-0.05, 0) is 54.5 Å². The van der Waals surface area contributed by atoms with Gasteiger partial charge in [-0.25, -0.2) is 0 Å². The lowest BCUT2D eigenvalue weighted by Gasteiger charge is -2.15. The van der Waals surface area contributed by atoms with Gasteiger partial charge in [-0.3, -0.25) is 4.79 Å². The summed E-state index contributed by atoms with van der Waals surface area (Å²) in [5.74, 6) is 0.197. The Morgan fingerprint density at radius 3 is 2.74 bits per heavy atom. The van der Waals surface area contributed by atoms with Gasteiger partial charge in [0.15, 0.2) is 0 Å². The number of rotatable bonds is 5. The Morgan fingerprint density at radius 1 is 1.35 bits per heavy atom. The minimum Gasteiger partial charge on any atom is -0.508 e. The van der Waals surface area contributed by atoms with Crippen molar-refractivity contribution < 1.29 is 9.90 Å². The van der Waals surface area contributed by atoms with Crippen molar-refractivity contribution in [3.63, 3.8) is 0 Å². The highest BCUT2D eigenvalue weighted by Crippen LogP contribution is 2.25. The Hall–Kier alpha value is -2.09. The van der Waals surface area contributed by atoms with E-state index in [1.165, 1.54) is 24.6 Å². The highest BCUT2D eigenvalue weighted by atomic mass is 32.2. The maximum Gasteiger partial charge on any atom is 0.233 e.